The van der Waals surface area contributed by atoms with E-state index in [-0.39, 0.29) is 0 Å². The number of hydrogen-bond acceptors (Lipinski definition) is 1. The fourth-order valence-electron chi connectivity index (χ4n) is 2.24. The maximum atomic E-state index is 3.96. The summed E-state index contributed by atoms with van der Waals surface area (Å²) in [6, 6.07) is 0. The van der Waals surface area contributed by atoms with E-state index in [1.165, 1.54) is 44.2 Å². The van der Waals surface area contributed by atoms with E-state index in [1.54, 1.807) is 0 Å². The van der Waals surface area contributed by atoms with Crippen molar-refractivity contribution in [3.05, 3.63) is 19.2 Å². The Morgan fingerprint density at radius 3 is 2.06 bits per heavy atom. The molecule has 0 fully saturated rings. The molecule has 0 bridgehead atoms. The lowest BCUT2D eigenvalue weighted by molar-refractivity contribution is 0.406. The molecule has 0 aliphatic carbocycles. The Bertz CT molecular complexity index is 186. The molecule has 0 saturated carbocycles. The summed E-state index contributed by atoms with van der Waals surface area (Å²) in [7, 11) is 1.95. The number of hydrogen-bond donors (Lipinski definition) is 1. The minimum absolute atomic E-state index is 0.865. The normalized spacial score (nSPS) is 14.4. The van der Waals surface area contributed by atoms with Gasteiger partial charge in [0.2, 0.25) is 0 Å². The maximum Gasteiger partial charge on any atom is 0.00310 e. The first-order chi connectivity index (χ1) is 8.10. The van der Waals surface area contributed by atoms with Crippen molar-refractivity contribution >= 4 is 0 Å². The second-order valence-corrected chi connectivity index (χ2v) is 5.53. The van der Waals surface area contributed by atoms with Crippen LogP contribution < -0.4 is 5.32 Å². The standard InChI is InChI=1S/C16H32N/c1-6-9-14(2)10-7-11-15(3)12-8-13-16(4)17-5/h14-15,17H,1,4,6-13H2,2-3,5H3. The molecule has 1 radical (unpaired) electrons. The first-order valence-electron chi connectivity index (χ1n) is 7.24. The summed E-state index contributed by atoms with van der Waals surface area (Å²) < 4.78 is 0. The van der Waals surface area contributed by atoms with Gasteiger partial charge in [0.15, 0.2) is 0 Å². The molecule has 2 unspecified atom stereocenters. The number of nitrogens with one attached hydrogen (secondary N) is 1. The van der Waals surface area contributed by atoms with E-state index < -0.39 is 0 Å². The fraction of sp³-hybridized carbons (Fsp3) is 0.812. The van der Waals surface area contributed by atoms with Gasteiger partial charge < -0.3 is 5.32 Å². The molecule has 1 N–H and O–H groups in total. The van der Waals surface area contributed by atoms with Crippen LogP contribution in [0.5, 0.6) is 0 Å². The van der Waals surface area contributed by atoms with Gasteiger partial charge in [0.1, 0.15) is 0 Å². The van der Waals surface area contributed by atoms with Crippen molar-refractivity contribution in [2.24, 2.45) is 11.8 Å². The molecule has 0 spiro atoms. The maximum absolute atomic E-state index is 3.96. The third-order valence-electron chi connectivity index (χ3n) is 3.62. The van der Waals surface area contributed by atoms with Crippen LogP contribution >= 0.6 is 0 Å². The van der Waals surface area contributed by atoms with Crippen LogP contribution in [-0.4, -0.2) is 7.05 Å². The quantitative estimate of drug-likeness (QED) is 0.537. The van der Waals surface area contributed by atoms with Crippen molar-refractivity contribution in [1.29, 1.82) is 0 Å². The van der Waals surface area contributed by atoms with Crippen molar-refractivity contribution in [2.45, 2.75) is 65.2 Å². The predicted molar refractivity (Wildman–Crippen MR) is 78.8 cm³/mol. The van der Waals surface area contributed by atoms with E-state index >= 15 is 0 Å². The van der Waals surface area contributed by atoms with Gasteiger partial charge in [-0.1, -0.05) is 65.9 Å². The molecule has 101 valence electrons. The predicted octanol–water partition coefficient (Wildman–Crippen LogP) is 4.95. The number of allylic oxidation sites excluding steroid dienone is 1. The molecule has 1 heteroatoms. The van der Waals surface area contributed by atoms with Crippen molar-refractivity contribution in [2.75, 3.05) is 7.05 Å². The zero-order valence-electron chi connectivity index (χ0n) is 12.2. The van der Waals surface area contributed by atoms with Gasteiger partial charge in [-0.15, -0.1) is 0 Å². The molecular formula is C16H32N. The molecule has 0 rings (SSSR count). The van der Waals surface area contributed by atoms with E-state index in [2.05, 4.69) is 32.7 Å². The highest BCUT2D eigenvalue weighted by atomic mass is 14.8. The highest BCUT2D eigenvalue weighted by Gasteiger charge is 2.05. The van der Waals surface area contributed by atoms with Gasteiger partial charge in [-0.25, -0.2) is 0 Å². The molecule has 0 aliphatic rings. The average molecular weight is 238 g/mol. The Hall–Kier alpha value is -0.460. The van der Waals surface area contributed by atoms with Gasteiger partial charge in [0.05, 0.1) is 0 Å². The van der Waals surface area contributed by atoms with Crippen LogP contribution in [0.3, 0.4) is 0 Å². The fourth-order valence-corrected chi connectivity index (χ4v) is 2.24. The minimum atomic E-state index is 0.865. The summed E-state index contributed by atoms with van der Waals surface area (Å²) in [4.78, 5) is 0. The molecule has 0 aromatic heterocycles. The Balaban J connectivity index is 3.40. The van der Waals surface area contributed by atoms with Gasteiger partial charge >= 0.3 is 0 Å². The molecule has 0 aliphatic heterocycles. The largest absolute Gasteiger partial charge is 0.392 e. The van der Waals surface area contributed by atoms with Crippen LogP contribution in [0.2, 0.25) is 0 Å². The minimum Gasteiger partial charge on any atom is -0.392 e. The monoisotopic (exact) mass is 238 g/mol. The molecule has 0 heterocycles. The third kappa shape index (κ3) is 10.4. The smallest absolute Gasteiger partial charge is 0.00310 e. The zero-order valence-corrected chi connectivity index (χ0v) is 12.2. The highest BCUT2D eigenvalue weighted by Crippen LogP contribution is 2.20. The van der Waals surface area contributed by atoms with Crippen LogP contribution in [0.1, 0.15) is 65.2 Å². The lowest BCUT2D eigenvalue weighted by atomic mass is 9.93. The van der Waals surface area contributed by atoms with E-state index in [1.807, 2.05) is 7.05 Å². The Kier molecular flexibility index (Phi) is 10.4. The Morgan fingerprint density at radius 1 is 1.00 bits per heavy atom. The number of rotatable bonds is 11. The Morgan fingerprint density at radius 2 is 1.53 bits per heavy atom. The molecule has 0 saturated heterocycles. The second kappa shape index (κ2) is 10.7. The second-order valence-electron chi connectivity index (χ2n) is 5.53. The van der Waals surface area contributed by atoms with E-state index in [9.17, 15) is 0 Å². The summed E-state index contributed by atoms with van der Waals surface area (Å²) in [6.45, 7) is 12.6. The first kappa shape index (κ1) is 16.5. The van der Waals surface area contributed by atoms with Crippen molar-refractivity contribution < 1.29 is 0 Å². The SMILES string of the molecule is [CH2]CCC(C)CCCC(C)CCCC(=C)NC. The van der Waals surface area contributed by atoms with Gasteiger partial charge in [-0.3, -0.25) is 0 Å². The van der Waals surface area contributed by atoms with E-state index in [4.69, 9.17) is 0 Å². The molecule has 2 atom stereocenters. The zero-order chi connectivity index (χ0) is 13.1. The molecule has 1 nitrogen and oxygen atoms in total. The van der Waals surface area contributed by atoms with Gasteiger partial charge in [0, 0.05) is 12.7 Å². The van der Waals surface area contributed by atoms with Gasteiger partial charge in [0.25, 0.3) is 0 Å². The van der Waals surface area contributed by atoms with Crippen LogP contribution in [0.4, 0.5) is 0 Å². The summed E-state index contributed by atoms with van der Waals surface area (Å²) in [5.74, 6) is 1.73. The van der Waals surface area contributed by atoms with Crippen LogP contribution in [0, 0.1) is 18.8 Å². The third-order valence-corrected chi connectivity index (χ3v) is 3.62. The summed E-state index contributed by atoms with van der Waals surface area (Å²) in [5.41, 5.74) is 1.17. The van der Waals surface area contributed by atoms with Crippen molar-refractivity contribution in [3.8, 4) is 0 Å². The highest BCUT2D eigenvalue weighted by molar-refractivity contribution is 4.88. The van der Waals surface area contributed by atoms with Crippen molar-refractivity contribution in [3.63, 3.8) is 0 Å². The topological polar surface area (TPSA) is 12.0 Å². The lowest BCUT2D eigenvalue weighted by Crippen LogP contribution is -2.05. The average Bonchev–Trinajstić information content (AvgIpc) is 2.29. The van der Waals surface area contributed by atoms with Crippen LogP contribution in [0.25, 0.3) is 0 Å². The van der Waals surface area contributed by atoms with Gasteiger partial charge in [-0.2, -0.15) is 0 Å². The summed E-state index contributed by atoms with van der Waals surface area (Å²) in [6.07, 6.45) is 10.3. The molecule has 17 heavy (non-hydrogen) atoms. The first-order valence-corrected chi connectivity index (χ1v) is 7.24. The van der Waals surface area contributed by atoms with Crippen LogP contribution in [-0.2, 0) is 0 Å². The lowest BCUT2D eigenvalue weighted by Gasteiger charge is -2.14. The Labute approximate surface area is 109 Å². The van der Waals surface area contributed by atoms with Crippen molar-refractivity contribution in [1.82, 2.24) is 5.32 Å². The molecule has 0 aromatic carbocycles. The molecule has 0 amide bonds. The van der Waals surface area contributed by atoms with Gasteiger partial charge in [-0.05, 0) is 24.7 Å². The van der Waals surface area contributed by atoms with E-state index in [0.717, 1.165) is 24.7 Å². The van der Waals surface area contributed by atoms with Crippen LogP contribution in [0.15, 0.2) is 12.3 Å². The summed E-state index contributed by atoms with van der Waals surface area (Å²) in [5, 5.41) is 3.11. The molecule has 0 aromatic rings. The molecular weight excluding hydrogens is 206 g/mol. The van der Waals surface area contributed by atoms with E-state index in [0.29, 0.717) is 0 Å². The summed E-state index contributed by atoms with van der Waals surface area (Å²) >= 11 is 0.